The first-order valence-electron chi connectivity index (χ1n) is 9.92. The van der Waals surface area contributed by atoms with Crippen molar-refractivity contribution in [3.8, 4) is 5.75 Å². The minimum atomic E-state index is -0.472. The summed E-state index contributed by atoms with van der Waals surface area (Å²) in [7, 11) is 0. The molecule has 8 nitrogen and oxygen atoms in total. The van der Waals surface area contributed by atoms with Crippen LogP contribution in [0, 0.1) is 10.1 Å². The summed E-state index contributed by atoms with van der Waals surface area (Å²) in [5.74, 6) is -0.142. The molecule has 2 aromatic carbocycles. The van der Waals surface area contributed by atoms with Gasteiger partial charge >= 0.3 is 0 Å². The average Bonchev–Trinajstić information content (AvgIpc) is 3.02. The van der Waals surface area contributed by atoms with Crippen LogP contribution in [0.25, 0.3) is 6.08 Å². The molecule has 0 radical (unpaired) electrons. The van der Waals surface area contributed by atoms with Gasteiger partial charge in [-0.2, -0.15) is 0 Å². The van der Waals surface area contributed by atoms with Crippen LogP contribution in [-0.2, 0) is 9.59 Å². The second-order valence-corrected chi connectivity index (χ2v) is 8.76. The third-order valence-electron chi connectivity index (χ3n) is 4.71. The molecule has 2 amide bonds. The van der Waals surface area contributed by atoms with Crippen LogP contribution in [0.4, 0.5) is 11.4 Å². The number of phenols is 1. The van der Waals surface area contributed by atoms with Crippen molar-refractivity contribution in [2.75, 3.05) is 11.9 Å². The molecule has 1 aliphatic heterocycles. The third kappa shape index (κ3) is 6.38. The summed E-state index contributed by atoms with van der Waals surface area (Å²) in [6.07, 6.45) is 4.19. The van der Waals surface area contributed by atoms with Crippen molar-refractivity contribution in [2.24, 2.45) is 0 Å². The number of nitrogens with zero attached hydrogens (tertiary/aromatic N) is 2. The maximum atomic E-state index is 12.7. The highest BCUT2D eigenvalue weighted by atomic mass is 32.2. The van der Waals surface area contributed by atoms with Crippen molar-refractivity contribution < 1.29 is 19.6 Å². The van der Waals surface area contributed by atoms with Crippen LogP contribution in [0.3, 0.4) is 0 Å². The minimum Gasteiger partial charge on any atom is -0.508 e. The third-order valence-corrected chi connectivity index (χ3v) is 6.09. The first-order valence-corrected chi connectivity index (χ1v) is 11.1. The number of non-ortho nitro benzene ring substituents is 1. The van der Waals surface area contributed by atoms with Gasteiger partial charge in [0.1, 0.15) is 10.1 Å². The Morgan fingerprint density at radius 3 is 2.47 bits per heavy atom. The van der Waals surface area contributed by atoms with E-state index in [1.807, 2.05) is 0 Å². The molecular formula is C22H21N3O5S2. The number of benzene rings is 2. The standard InChI is InChI=1S/C22H21N3O5S2/c26-18-11-7-16(8-12-18)23-20(27)4-2-1-3-13-24-21(28)19(32-22(24)31)14-15-5-9-17(10-6-15)25(29)30/h5-12,14,26H,1-4,13H2,(H,23,27)/b19-14-. The Bertz CT molecular complexity index is 1050. The SMILES string of the molecule is O=C(CCCCCN1C(=O)/C(=C/c2ccc([N+](=O)[O-])cc2)SC1=S)Nc1ccc(O)cc1. The van der Waals surface area contributed by atoms with E-state index >= 15 is 0 Å². The van der Waals surface area contributed by atoms with Gasteiger partial charge in [-0.3, -0.25) is 24.6 Å². The van der Waals surface area contributed by atoms with Crippen LogP contribution in [0.15, 0.2) is 53.4 Å². The Morgan fingerprint density at radius 1 is 1.12 bits per heavy atom. The highest BCUT2D eigenvalue weighted by Gasteiger charge is 2.31. The number of phenolic OH excluding ortho intramolecular Hbond substituents is 1. The van der Waals surface area contributed by atoms with E-state index in [0.29, 0.717) is 46.3 Å². The number of anilines is 1. The molecule has 0 aliphatic carbocycles. The number of hydrogen-bond acceptors (Lipinski definition) is 7. The van der Waals surface area contributed by atoms with E-state index in [0.717, 1.165) is 6.42 Å². The van der Waals surface area contributed by atoms with Gasteiger partial charge in [0.2, 0.25) is 5.91 Å². The molecule has 0 unspecified atom stereocenters. The number of carbonyl (C=O) groups is 2. The number of hydrogen-bond donors (Lipinski definition) is 2. The predicted molar refractivity (Wildman–Crippen MR) is 128 cm³/mol. The van der Waals surface area contributed by atoms with Gasteiger partial charge in [0.05, 0.1) is 9.83 Å². The molecule has 166 valence electrons. The normalized spacial score (nSPS) is 14.8. The Kier molecular flexibility index (Phi) is 7.96. The second kappa shape index (κ2) is 10.9. The van der Waals surface area contributed by atoms with Gasteiger partial charge in [-0.25, -0.2) is 0 Å². The van der Waals surface area contributed by atoms with Gasteiger partial charge in [-0.1, -0.05) is 30.4 Å². The van der Waals surface area contributed by atoms with Gasteiger partial charge in [0.25, 0.3) is 11.6 Å². The molecule has 0 saturated carbocycles. The molecule has 2 N–H and O–H groups in total. The molecule has 1 aliphatic rings. The van der Waals surface area contributed by atoms with E-state index in [-0.39, 0.29) is 23.3 Å². The molecule has 0 bridgehead atoms. The number of unbranched alkanes of at least 4 members (excludes halogenated alkanes) is 2. The van der Waals surface area contributed by atoms with E-state index in [1.54, 1.807) is 35.2 Å². The van der Waals surface area contributed by atoms with Crippen LogP contribution in [0.5, 0.6) is 5.75 Å². The Labute approximate surface area is 194 Å². The van der Waals surface area contributed by atoms with Crippen molar-refractivity contribution in [2.45, 2.75) is 25.7 Å². The number of amides is 2. The summed E-state index contributed by atoms with van der Waals surface area (Å²) in [4.78, 5) is 37.0. The quantitative estimate of drug-likeness (QED) is 0.136. The molecule has 1 fully saturated rings. The summed E-state index contributed by atoms with van der Waals surface area (Å²) in [5.41, 5.74) is 1.31. The number of thiocarbonyl (C=S) groups is 1. The maximum absolute atomic E-state index is 12.7. The number of nitro groups is 1. The van der Waals surface area contributed by atoms with Crippen LogP contribution >= 0.6 is 24.0 Å². The number of rotatable bonds is 9. The lowest BCUT2D eigenvalue weighted by molar-refractivity contribution is -0.384. The van der Waals surface area contributed by atoms with Gasteiger partial charge in [-0.05, 0) is 60.9 Å². The Balaban J connectivity index is 1.43. The number of nitrogens with one attached hydrogen (secondary N) is 1. The maximum Gasteiger partial charge on any atom is 0.269 e. The van der Waals surface area contributed by atoms with Gasteiger partial charge in [-0.15, -0.1) is 0 Å². The van der Waals surface area contributed by atoms with E-state index in [1.165, 1.54) is 36.0 Å². The molecule has 32 heavy (non-hydrogen) atoms. The molecule has 10 heteroatoms. The van der Waals surface area contributed by atoms with E-state index in [9.17, 15) is 24.8 Å². The van der Waals surface area contributed by atoms with Crippen molar-refractivity contribution in [3.63, 3.8) is 0 Å². The van der Waals surface area contributed by atoms with Gasteiger partial charge in [0.15, 0.2) is 0 Å². The molecule has 0 atom stereocenters. The zero-order chi connectivity index (χ0) is 23.1. The zero-order valence-electron chi connectivity index (χ0n) is 17.0. The number of nitro benzene ring substituents is 1. The summed E-state index contributed by atoms with van der Waals surface area (Å²) >= 11 is 6.53. The van der Waals surface area contributed by atoms with E-state index in [4.69, 9.17) is 12.2 Å². The molecule has 1 saturated heterocycles. The van der Waals surface area contributed by atoms with Gasteiger partial charge in [0, 0.05) is 30.8 Å². The summed E-state index contributed by atoms with van der Waals surface area (Å²) in [6.45, 7) is 0.474. The van der Waals surface area contributed by atoms with Gasteiger partial charge < -0.3 is 10.4 Å². The van der Waals surface area contributed by atoms with E-state index in [2.05, 4.69) is 5.32 Å². The summed E-state index contributed by atoms with van der Waals surface area (Å²) in [6, 6.07) is 12.2. The molecule has 2 aromatic rings. The first-order chi connectivity index (χ1) is 15.3. The molecule has 0 aromatic heterocycles. The first kappa shape index (κ1) is 23.4. The topological polar surface area (TPSA) is 113 Å². The summed E-state index contributed by atoms with van der Waals surface area (Å²) in [5, 5.41) is 22.8. The summed E-state index contributed by atoms with van der Waals surface area (Å²) < 4.78 is 0.480. The molecular weight excluding hydrogens is 450 g/mol. The number of thioether (sulfide) groups is 1. The lowest BCUT2D eigenvalue weighted by Crippen LogP contribution is -2.29. The Hall–Kier alpha value is -3.24. The van der Waals surface area contributed by atoms with Crippen molar-refractivity contribution >= 4 is 57.6 Å². The monoisotopic (exact) mass is 471 g/mol. The minimum absolute atomic E-state index is 0.00792. The highest BCUT2D eigenvalue weighted by Crippen LogP contribution is 2.33. The fraction of sp³-hybridized carbons (Fsp3) is 0.227. The number of carbonyl (C=O) groups excluding carboxylic acids is 2. The largest absolute Gasteiger partial charge is 0.508 e. The molecule has 3 rings (SSSR count). The number of aromatic hydroxyl groups is 1. The van der Waals surface area contributed by atoms with Crippen LogP contribution in [0.1, 0.15) is 31.2 Å². The Morgan fingerprint density at radius 2 is 1.81 bits per heavy atom. The highest BCUT2D eigenvalue weighted by molar-refractivity contribution is 8.26. The van der Waals surface area contributed by atoms with Crippen LogP contribution in [-0.4, -0.2) is 37.6 Å². The second-order valence-electron chi connectivity index (χ2n) is 7.09. The zero-order valence-corrected chi connectivity index (χ0v) is 18.7. The van der Waals surface area contributed by atoms with Crippen LogP contribution < -0.4 is 5.32 Å². The molecule has 0 spiro atoms. The fourth-order valence-corrected chi connectivity index (χ4v) is 4.35. The lowest BCUT2D eigenvalue weighted by Gasteiger charge is -2.14. The average molecular weight is 472 g/mol. The lowest BCUT2D eigenvalue weighted by atomic mass is 10.1. The smallest absolute Gasteiger partial charge is 0.269 e. The van der Waals surface area contributed by atoms with Crippen molar-refractivity contribution in [1.82, 2.24) is 4.90 Å². The predicted octanol–water partition coefficient (Wildman–Crippen LogP) is 4.70. The fourth-order valence-electron chi connectivity index (χ4n) is 3.04. The van der Waals surface area contributed by atoms with Crippen molar-refractivity contribution in [1.29, 1.82) is 0 Å². The van der Waals surface area contributed by atoms with E-state index < -0.39 is 4.92 Å². The molecule has 1 heterocycles. The van der Waals surface area contributed by atoms with Crippen LogP contribution in [0.2, 0.25) is 0 Å². The van der Waals surface area contributed by atoms with Crippen molar-refractivity contribution in [3.05, 3.63) is 69.1 Å².